The number of nitrogens with one attached hydrogen (secondary N) is 2. The maximum atomic E-state index is 13.9. The summed E-state index contributed by atoms with van der Waals surface area (Å²) in [5.74, 6) is -0.00207. The molecule has 2 aliphatic rings. The van der Waals surface area contributed by atoms with E-state index in [1.54, 1.807) is 31.3 Å². The number of aromatic nitrogens is 4. The molecule has 2 fully saturated rings. The van der Waals surface area contributed by atoms with E-state index in [-0.39, 0.29) is 29.4 Å². The third kappa shape index (κ3) is 4.69. The van der Waals surface area contributed by atoms with E-state index in [1.807, 2.05) is 4.57 Å². The van der Waals surface area contributed by atoms with E-state index in [0.717, 1.165) is 31.7 Å². The molecule has 1 saturated heterocycles. The zero-order valence-electron chi connectivity index (χ0n) is 20.3. The number of nitrogens with zero attached hydrogens (tertiary/aromatic N) is 6. The first-order valence-electron chi connectivity index (χ1n) is 12.1. The van der Waals surface area contributed by atoms with Gasteiger partial charge >= 0.3 is 6.18 Å². The van der Waals surface area contributed by atoms with E-state index in [1.165, 1.54) is 11.1 Å². The second-order valence-electron chi connectivity index (χ2n) is 9.46. The summed E-state index contributed by atoms with van der Waals surface area (Å²) in [6.45, 7) is 2.18. The standard InChI is InChI=1S/C24H29F3N8O/c1-33(2)22(36)18-11-15-13-30-23(32-21(15)35(18)16-5-3-4-6-16)31-20-12-17(24(25,26)27)19(14-29-20)34-9-7-28-8-10-34/h11-14,16,28H,3-10H2,1-2H3,(H,29,30,31,32). The molecule has 0 radical (unpaired) electrons. The van der Waals surface area contributed by atoms with Crippen LogP contribution in [0.25, 0.3) is 11.0 Å². The van der Waals surface area contributed by atoms with E-state index < -0.39 is 11.7 Å². The lowest BCUT2D eigenvalue weighted by Gasteiger charge is -2.31. The van der Waals surface area contributed by atoms with Crippen LogP contribution in [0.5, 0.6) is 0 Å². The molecule has 4 heterocycles. The van der Waals surface area contributed by atoms with E-state index in [9.17, 15) is 18.0 Å². The molecule has 0 atom stereocenters. The van der Waals surface area contributed by atoms with E-state index in [4.69, 9.17) is 0 Å². The van der Waals surface area contributed by atoms with Gasteiger partial charge in [0.2, 0.25) is 5.95 Å². The third-order valence-corrected chi connectivity index (χ3v) is 6.78. The Morgan fingerprint density at radius 3 is 2.50 bits per heavy atom. The minimum atomic E-state index is -4.54. The van der Waals surface area contributed by atoms with Crippen LogP contribution in [0, 0.1) is 0 Å². The number of carbonyl (C=O) groups is 1. The minimum absolute atomic E-state index is 0.00382. The molecule has 3 aromatic heterocycles. The van der Waals surface area contributed by atoms with Crippen LogP contribution < -0.4 is 15.5 Å². The number of pyridine rings is 1. The Kier molecular flexibility index (Phi) is 6.45. The molecule has 0 aromatic carbocycles. The summed E-state index contributed by atoms with van der Waals surface area (Å²) in [6.07, 6.45) is 2.32. The van der Waals surface area contributed by atoms with Crippen molar-refractivity contribution in [3.8, 4) is 0 Å². The lowest BCUT2D eigenvalue weighted by Crippen LogP contribution is -2.44. The number of fused-ring (bicyclic) bond motifs is 1. The lowest BCUT2D eigenvalue weighted by molar-refractivity contribution is -0.137. The maximum Gasteiger partial charge on any atom is 0.418 e. The van der Waals surface area contributed by atoms with Crippen molar-refractivity contribution in [2.45, 2.75) is 37.9 Å². The Labute approximate surface area is 206 Å². The quantitative estimate of drug-likeness (QED) is 0.548. The van der Waals surface area contributed by atoms with Crippen molar-refractivity contribution in [2.75, 3.05) is 50.5 Å². The Balaban J connectivity index is 1.51. The normalized spacial score (nSPS) is 17.1. The Morgan fingerprint density at radius 1 is 1.11 bits per heavy atom. The average Bonchev–Trinajstić information content (AvgIpc) is 3.51. The highest BCUT2D eigenvalue weighted by Gasteiger charge is 2.36. The van der Waals surface area contributed by atoms with Crippen LogP contribution >= 0.6 is 0 Å². The molecule has 1 saturated carbocycles. The molecular formula is C24H29F3N8O. The van der Waals surface area contributed by atoms with Crippen LogP contribution in [0.15, 0.2) is 24.5 Å². The number of alkyl halides is 3. The molecule has 9 nitrogen and oxygen atoms in total. The number of anilines is 3. The number of piperazine rings is 1. The molecule has 1 aliphatic carbocycles. The molecule has 0 spiro atoms. The van der Waals surface area contributed by atoms with Crippen molar-refractivity contribution in [2.24, 2.45) is 0 Å². The predicted molar refractivity (Wildman–Crippen MR) is 131 cm³/mol. The zero-order chi connectivity index (χ0) is 25.4. The zero-order valence-corrected chi connectivity index (χ0v) is 20.3. The highest BCUT2D eigenvalue weighted by atomic mass is 19.4. The topological polar surface area (TPSA) is 91.2 Å². The number of hydrogen-bond donors (Lipinski definition) is 2. The van der Waals surface area contributed by atoms with Crippen LogP contribution in [-0.2, 0) is 6.18 Å². The van der Waals surface area contributed by atoms with Gasteiger partial charge in [-0.2, -0.15) is 18.2 Å². The van der Waals surface area contributed by atoms with Crippen molar-refractivity contribution in [3.63, 3.8) is 0 Å². The Morgan fingerprint density at radius 2 is 1.83 bits per heavy atom. The summed E-state index contributed by atoms with van der Waals surface area (Å²) in [7, 11) is 3.40. The summed E-state index contributed by atoms with van der Waals surface area (Å²) < 4.78 is 43.8. The maximum absolute atomic E-state index is 13.9. The summed E-state index contributed by atoms with van der Waals surface area (Å²) in [4.78, 5) is 29.2. The van der Waals surface area contributed by atoms with Gasteiger partial charge in [-0.25, -0.2) is 9.97 Å². The summed E-state index contributed by atoms with van der Waals surface area (Å²) >= 11 is 0. The van der Waals surface area contributed by atoms with Crippen LogP contribution in [-0.4, -0.2) is 70.6 Å². The molecule has 192 valence electrons. The van der Waals surface area contributed by atoms with Crippen molar-refractivity contribution < 1.29 is 18.0 Å². The number of amides is 1. The monoisotopic (exact) mass is 502 g/mol. The lowest BCUT2D eigenvalue weighted by atomic mass is 10.1. The molecule has 1 amide bonds. The molecule has 36 heavy (non-hydrogen) atoms. The van der Waals surface area contributed by atoms with Gasteiger partial charge in [-0.05, 0) is 25.0 Å². The molecule has 2 N–H and O–H groups in total. The molecular weight excluding hydrogens is 473 g/mol. The van der Waals surface area contributed by atoms with Gasteiger partial charge in [0.15, 0.2) is 0 Å². The van der Waals surface area contributed by atoms with E-state index in [2.05, 4.69) is 25.6 Å². The minimum Gasteiger partial charge on any atom is -0.367 e. The van der Waals surface area contributed by atoms with Crippen LogP contribution in [0.3, 0.4) is 0 Å². The second-order valence-corrected chi connectivity index (χ2v) is 9.46. The van der Waals surface area contributed by atoms with Gasteiger partial charge < -0.3 is 25.0 Å². The largest absolute Gasteiger partial charge is 0.418 e. The van der Waals surface area contributed by atoms with Crippen molar-refractivity contribution in [1.29, 1.82) is 0 Å². The van der Waals surface area contributed by atoms with Gasteiger partial charge in [-0.3, -0.25) is 4.79 Å². The smallest absolute Gasteiger partial charge is 0.367 e. The van der Waals surface area contributed by atoms with Crippen molar-refractivity contribution in [3.05, 3.63) is 35.8 Å². The molecule has 0 unspecified atom stereocenters. The molecule has 0 bridgehead atoms. The first-order valence-corrected chi connectivity index (χ1v) is 12.1. The van der Waals surface area contributed by atoms with Crippen molar-refractivity contribution in [1.82, 2.24) is 29.7 Å². The third-order valence-electron chi connectivity index (χ3n) is 6.78. The predicted octanol–water partition coefficient (Wildman–Crippen LogP) is 3.82. The van der Waals surface area contributed by atoms with E-state index in [0.29, 0.717) is 42.9 Å². The molecule has 1 aliphatic heterocycles. The number of rotatable bonds is 5. The fourth-order valence-corrected chi connectivity index (χ4v) is 5.01. The highest BCUT2D eigenvalue weighted by molar-refractivity contribution is 5.97. The van der Waals surface area contributed by atoms with Gasteiger partial charge in [-0.1, -0.05) is 12.8 Å². The van der Waals surface area contributed by atoms with E-state index >= 15 is 0 Å². The molecule has 3 aromatic rings. The second kappa shape index (κ2) is 9.57. The molecule has 12 heteroatoms. The SMILES string of the molecule is CN(C)C(=O)c1cc2cnc(Nc3cc(C(F)(F)F)c(N4CCNCC4)cn3)nc2n1C1CCCC1. The molecule has 5 rings (SSSR count). The summed E-state index contributed by atoms with van der Waals surface area (Å²) in [6, 6.07) is 2.92. The van der Waals surface area contributed by atoms with Crippen molar-refractivity contribution >= 4 is 34.4 Å². The van der Waals surface area contributed by atoms with Gasteiger partial charge in [0.1, 0.15) is 17.2 Å². The van der Waals surface area contributed by atoms with Crippen LogP contribution in [0.1, 0.15) is 47.8 Å². The van der Waals surface area contributed by atoms with Gasteiger partial charge in [-0.15, -0.1) is 0 Å². The van der Waals surface area contributed by atoms with Gasteiger partial charge in [0.25, 0.3) is 5.91 Å². The number of hydrogen-bond acceptors (Lipinski definition) is 7. The number of carbonyl (C=O) groups excluding carboxylic acids is 1. The number of halogens is 3. The summed E-state index contributed by atoms with van der Waals surface area (Å²) in [5, 5.41) is 6.69. The fraction of sp³-hybridized carbons (Fsp3) is 0.500. The van der Waals surface area contributed by atoms with Crippen LogP contribution in [0.4, 0.5) is 30.6 Å². The summed E-state index contributed by atoms with van der Waals surface area (Å²) in [5.41, 5.74) is 0.424. The highest BCUT2D eigenvalue weighted by Crippen LogP contribution is 2.38. The Bertz CT molecular complexity index is 1260. The first-order chi connectivity index (χ1) is 17.2. The van der Waals surface area contributed by atoms with Crippen LogP contribution in [0.2, 0.25) is 0 Å². The fourth-order valence-electron chi connectivity index (χ4n) is 5.01. The first kappa shape index (κ1) is 24.3. The Hall–Kier alpha value is -3.41. The average molecular weight is 503 g/mol. The van der Waals surface area contributed by atoms with Gasteiger partial charge in [0, 0.05) is 57.9 Å². The van der Waals surface area contributed by atoms with Gasteiger partial charge in [0.05, 0.1) is 17.4 Å².